The highest BCUT2D eigenvalue weighted by Crippen LogP contribution is 2.35. The van der Waals surface area contributed by atoms with Gasteiger partial charge < -0.3 is 10.1 Å². The van der Waals surface area contributed by atoms with Crippen molar-refractivity contribution >= 4 is 17.5 Å². The Hall–Kier alpha value is -3.87. The SMILES string of the molecule is COC(=O)c1ccc(C2C=C(c3ccccc3)Nc3[nH]c(=O)[nH]c(=O)c32)cc1. The Morgan fingerprint density at radius 2 is 1.68 bits per heavy atom. The van der Waals surface area contributed by atoms with Crippen LogP contribution in [0.15, 0.2) is 70.3 Å². The minimum atomic E-state index is -0.578. The molecule has 3 N–H and O–H groups in total. The van der Waals surface area contributed by atoms with E-state index in [9.17, 15) is 14.4 Å². The molecule has 3 aromatic rings. The zero-order valence-electron chi connectivity index (χ0n) is 15.0. The number of aromatic amines is 2. The number of fused-ring (bicyclic) bond motifs is 1. The van der Waals surface area contributed by atoms with Crippen LogP contribution in [0.4, 0.5) is 5.82 Å². The van der Waals surface area contributed by atoms with Crippen LogP contribution in [-0.4, -0.2) is 23.0 Å². The zero-order valence-corrected chi connectivity index (χ0v) is 15.0. The first kappa shape index (κ1) is 17.5. The minimum Gasteiger partial charge on any atom is -0.465 e. The van der Waals surface area contributed by atoms with Crippen LogP contribution in [0.2, 0.25) is 0 Å². The van der Waals surface area contributed by atoms with Gasteiger partial charge >= 0.3 is 11.7 Å². The van der Waals surface area contributed by atoms with Gasteiger partial charge in [0, 0.05) is 11.6 Å². The van der Waals surface area contributed by atoms with Crippen molar-refractivity contribution in [3.05, 3.63) is 104 Å². The number of rotatable bonds is 3. The summed E-state index contributed by atoms with van der Waals surface area (Å²) in [6.45, 7) is 0. The number of ether oxygens (including phenoxy) is 1. The average Bonchev–Trinajstić information content (AvgIpc) is 2.72. The van der Waals surface area contributed by atoms with E-state index in [1.807, 2.05) is 36.4 Å². The van der Waals surface area contributed by atoms with Crippen molar-refractivity contribution in [2.75, 3.05) is 12.4 Å². The molecule has 140 valence electrons. The first-order valence-corrected chi connectivity index (χ1v) is 8.66. The number of methoxy groups -OCH3 is 1. The number of hydrogen-bond donors (Lipinski definition) is 3. The van der Waals surface area contributed by atoms with Gasteiger partial charge in [0.25, 0.3) is 5.56 Å². The van der Waals surface area contributed by atoms with Gasteiger partial charge in [-0.25, -0.2) is 9.59 Å². The lowest BCUT2D eigenvalue weighted by Crippen LogP contribution is -2.31. The van der Waals surface area contributed by atoms with E-state index in [0.29, 0.717) is 16.9 Å². The van der Waals surface area contributed by atoms with Crippen LogP contribution in [0.3, 0.4) is 0 Å². The number of anilines is 1. The number of aromatic nitrogens is 2. The molecule has 0 radical (unpaired) electrons. The Labute approximate surface area is 159 Å². The summed E-state index contributed by atoms with van der Waals surface area (Å²) in [6, 6.07) is 16.5. The van der Waals surface area contributed by atoms with E-state index in [0.717, 1.165) is 16.8 Å². The molecular weight excluding hydrogens is 358 g/mol. The number of allylic oxidation sites excluding steroid dienone is 1. The second kappa shape index (κ2) is 7.03. The van der Waals surface area contributed by atoms with Gasteiger partial charge in [-0.2, -0.15) is 0 Å². The van der Waals surface area contributed by atoms with Gasteiger partial charge in [0.1, 0.15) is 5.82 Å². The molecular formula is C21H17N3O4. The van der Waals surface area contributed by atoms with E-state index in [-0.39, 0.29) is 0 Å². The normalized spacial score (nSPS) is 15.2. The first-order valence-electron chi connectivity index (χ1n) is 8.66. The molecule has 0 spiro atoms. The largest absolute Gasteiger partial charge is 0.465 e. The fraction of sp³-hybridized carbons (Fsp3) is 0.0952. The van der Waals surface area contributed by atoms with E-state index >= 15 is 0 Å². The highest BCUT2D eigenvalue weighted by atomic mass is 16.5. The molecule has 4 rings (SSSR count). The van der Waals surface area contributed by atoms with Crippen LogP contribution in [0.1, 0.15) is 33.0 Å². The van der Waals surface area contributed by atoms with Gasteiger partial charge in [0.2, 0.25) is 0 Å². The Morgan fingerprint density at radius 3 is 2.36 bits per heavy atom. The molecule has 28 heavy (non-hydrogen) atoms. The van der Waals surface area contributed by atoms with E-state index in [1.54, 1.807) is 24.3 Å². The maximum absolute atomic E-state index is 12.5. The Balaban J connectivity index is 1.86. The molecule has 7 nitrogen and oxygen atoms in total. The quantitative estimate of drug-likeness (QED) is 0.610. The summed E-state index contributed by atoms with van der Waals surface area (Å²) < 4.78 is 4.73. The molecule has 0 amide bonds. The molecule has 1 aliphatic rings. The second-order valence-electron chi connectivity index (χ2n) is 6.36. The summed E-state index contributed by atoms with van der Waals surface area (Å²) >= 11 is 0. The number of carbonyl (C=O) groups excluding carboxylic acids is 1. The van der Waals surface area contributed by atoms with E-state index in [1.165, 1.54) is 7.11 Å². The molecule has 1 atom stereocenters. The van der Waals surface area contributed by atoms with Crippen molar-refractivity contribution in [3.8, 4) is 0 Å². The standard InChI is InChI=1S/C21H17N3O4/c1-28-20(26)14-9-7-12(8-10-14)15-11-16(13-5-3-2-4-6-13)22-18-17(15)19(25)24-21(27)23-18/h2-11,15H,1H3,(H3,22,23,24,25,27). The van der Waals surface area contributed by atoms with Gasteiger partial charge in [-0.3, -0.25) is 14.8 Å². The summed E-state index contributed by atoms with van der Waals surface area (Å²) in [5, 5.41) is 3.14. The molecule has 0 saturated heterocycles. The second-order valence-corrected chi connectivity index (χ2v) is 6.36. The van der Waals surface area contributed by atoms with Gasteiger partial charge in [0.15, 0.2) is 0 Å². The monoisotopic (exact) mass is 375 g/mol. The van der Waals surface area contributed by atoms with Crippen LogP contribution < -0.4 is 16.6 Å². The lowest BCUT2D eigenvalue weighted by atomic mass is 9.87. The van der Waals surface area contributed by atoms with E-state index < -0.39 is 23.1 Å². The Kier molecular flexibility index (Phi) is 4.41. The molecule has 1 aromatic heterocycles. The maximum Gasteiger partial charge on any atom is 0.337 e. The maximum atomic E-state index is 12.5. The summed E-state index contributed by atoms with van der Waals surface area (Å²) in [5.41, 5.74) is 2.29. The van der Waals surface area contributed by atoms with Crippen molar-refractivity contribution in [2.45, 2.75) is 5.92 Å². The minimum absolute atomic E-state index is 0.358. The summed E-state index contributed by atoms with van der Waals surface area (Å²) in [6.07, 6.45) is 1.93. The van der Waals surface area contributed by atoms with Gasteiger partial charge in [-0.15, -0.1) is 0 Å². The van der Waals surface area contributed by atoms with Crippen molar-refractivity contribution < 1.29 is 9.53 Å². The molecule has 0 fully saturated rings. The summed E-state index contributed by atoms with van der Waals surface area (Å²) in [4.78, 5) is 40.9. The number of nitrogens with one attached hydrogen (secondary N) is 3. The molecule has 0 aliphatic carbocycles. The van der Waals surface area contributed by atoms with Crippen LogP contribution >= 0.6 is 0 Å². The van der Waals surface area contributed by atoms with Gasteiger partial charge in [-0.1, -0.05) is 42.5 Å². The van der Waals surface area contributed by atoms with Gasteiger partial charge in [-0.05, 0) is 29.3 Å². The third kappa shape index (κ3) is 3.14. The van der Waals surface area contributed by atoms with E-state index in [4.69, 9.17) is 4.74 Å². The Bertz CT molecular complexity index is 1170. The number of benzene rings is 2. The fourth-order valence-corrected chi connectivity index (χ4v) is 3.31. The first-order chi connectivity index (χ1) is 13.6. The highest BCUT2D eigenvalue weighted by molar-refractivity contribution is 5.89. The highest BCUT2D eigenvalue weighted by Gasteiger charge is 2.26. The number of esters is 1. The molecule has 7 heteroatoms. The predicted octanol–water partition coefficient (Wildman–Crippen LogP) is 2.45. The van der Waals surface area contributed by atoms with Crippen LogP contribution in [0.25, 0.3) is 5.70 Å². The summed E-state index contributed by atoms with van der Waals surface area (Å²) in [7, 11) is 1.32. The number of hydrogen-bond acceptors (Lipinski definition) is 5. The van der Waals surface area contributed by atoms with Crippen LogP contribution in [-0.2, 0) is 4.74 Å². The van der Waals surface area contributed by atoms with Crippen molar-refractivity contribution in [1.29, 1.82) is 0 Å². The Morgan fingerprint density at radius 1 is 0.964 bits per heavy atom. The molecule has 1 unspecified atom stereocenters. The average molecular weight is 375 g/mol. The van der Waals surface area contributed by atoms with Crippen molar-refractivity contribution in [2.24, 2.45) is 0 Å². The van der Waals surface area contributed by atoms with Crippen molar-refractivity contribution in [1.82, 2.24) is 9.97 Å². The zero-order chi connectivity index (χ0) is 19.7. The molecule has 1 aliphatic heterocycles. The van der Waals surface area contributed by atoms with Crippen molar-refractivity contribution in [3.63, 3.8) is 0 Å². The van der Waals surface area contributed by atoms with Crippen LogP contribution in [0, 0.1) is 0 Å². The molecule has 0 bridgehead atoms. The lowest BCUT2D eigenvalue weighted by Gasteiger charge is -2.25. The number of carbonyl (C=O) groups is 1. The topological polar surface area (TPSA) is 104 Å². The molecule has 2 aromatic carbocycles. The smallest absolute Gasteiger partial charge is 0.337 e. The lowest BCUT2D eigenvalue weighted by molar-refractivity contribution is 0.0600. The third-order valence-electron chi connectivity index (χ3n) is 4.66. The fourth-order valence-electron chi connectivity index (χ4n) is 3.31. The predicted molar refractivity (Wildman–Crippen MR) is 105 cm³/mol. The third-order valence-corrected chi connectivity index (χ3v) is 4.66. The molecule has 0 saturated carbocycles. The van der Waals surface area contributed by atoms with Gasteiger partial charge in [0.05, 0.1) is 18.2 Å². The summed E-state index contributed by atoms with van der Waals surface area (Å²) in [5.74, 6) is -0.476. The van der Waals surface area contributed by atoms with Crippen LogP contribution in [0.5, 0.6) is 0 Å². The number of H-pyrrole nitrogens is 2. The molecule has 2 heterocycles. The van der Waals surface area contributed by atoms with E-state index in [2.05, 4.69) is 15.3 Å².